The van der Waals surface area contributed by atoms with Gasteiger partial charge in [-0.25, -0.2) is 0 Å². The van der Waals surface area contributed by atoms with E-state index in [4.69, 9.17) is 4.74 Å². The van der Waals surface area contributed by atoms with Crippen molar-refractivity contribution in [2.75, 3.05) is 20.2 Å². The molecule has 1 aliphatic heterocycles. The monoisotopic (exact) mass is 369 g/mol. The van der Waals surface area contributed by atoms with Gasteiger partial charge in [-0.15, -0.1) is 10.2 Å². The Labute approximate surface area is 157 Å². The molecule has 0 N–H and O–H groups in total. The fourth-order valence-electron chi connectivity index (χ4n) is 3.22. The molecule has 136 valence electrons. The summed E-state index contributed by atoms with van der Waals surface area (Å²) in [6.45, 7) is 3.11. The van der Waals surface area contributed by atoms with E-state index in [9.17, 15) is 0 Å². The fourth-order valence-corrected chi connectivity index (χ4v) is 3.97. The highest BCUT2D eigenvalue weighted by Crippen LogP contribution is 2.19. The Morgan fingerprint density at radius 1 is 1.04 bits per heavy atom. The molecule has 0 radical (unpaired) electrons. The largest absolute Gasteiger partial charge is 0.497 e. The van der Waals surface area contributed by atoms with Crippen LogP contribution in [0.15, 0.2) is 24.3 Å². The lowest BCUT2D eigenvalue weighted by molar-refractivity contribution is 0.268. The number of nitrogens with zero attached hydrogens (tertiary/aromatic N) is 5. The quantitative estimate of drug-likeness (QED) is 0.686. The van der Waals surface area contributed by atoms with Crippen LogP contribution in [0, 0.1) is 0 Å². The predicted molar refractivity (Wildman–Crippen MR) is 104 cm³/mol. The molecule has 26 heavy (non-hydrogen) atoms. The maximum atomic E-state index is 5.19. The molecule has 2 aromatic heterocycles. The van der Waals surface area contributed by atoms with Crippen molar-refractivity contribution in [3.8, 4) is 5.75 Å². The Morgan fingerprint density at radius 3 is 2.54 bits per heavy atom. The van der Waals surface area contributed by atoms with Crippen molar-refractivity contribution in [3.05, 3.63) is 40.7 Å². The van der Waals surface area contributed by atoms with Crippen molar-refractivity contribution in [3.63, 3.8) is 0 Å². The molecule has 0 unspecified atom stereocenters. The first-order chi connectivity index (χ1) is 12.8. The van der Waals surface area contributed by atoms with Gasteiger partial charge in [-0.05, 0) is 49.7 Å². The van der Waals surface area contributed by atoms with Crippen molar-refractivity contribution in [2.45, 2.75) is 32.2 Å². The third kappa shape index (κ3) is 3.94. The molecule has 6 nitrogen and oxygen atoms in total. The predicted octanol–water partition coefficient (Wildman–Crippen LogP) is 3.74. The molecule has 0 bridgehead atoms. The lowest BCUT2D eigenvalue weighted by Gasteiger charge is -2.17. The zero-order chi connectivity index (χ0) is 17.8. The summed E-state index contributed by atoms with van der Waals surface area (Å²) < 4.78 is 7.08. The molecule has 7 heteroatoms. The highest BCUT2D eigenvalue weighted by atomic mass is 32.1. The number of benzene rings is 1. The van der Waals surface area contributed by atoms with E-state index in [0.717, 1.165) is 46.7 Å². The molecule has 0 atom stereocenters. The number of hydrogen-bond acceptors (Lipinski definition) is 6. The van der Waals surface area contributed by atoms with Crippen LogP contribution < -0.4 is 4.74 Å². The number of rotatable bonds is 5. The highest BCUT2D eigenvalue weighted by Gasteiger charge is 2.15. The molecular formula is C19H23N5OS. The standard InChI is InChI=1S/C19H23N5OS/c1-25-16-9-6-15(7-10-16)8-11-18-22-24-17(20-21-19(24)26-18)14-23-12-4-2-3-5-13-23/h6-11H,2-5,12-14H2,1H3/b11-8+. The number of ether oxygens (including phenoxy) is 1. The molecule has 1 aliphatic rings. The zero-order valence-electron chi connectivity index (χ0n) is 15.0. The van der Waals surface area contributed by atoms with Crippen molar-refractivity contribution >= 4 is 28.4 Å². The van der Waals surface area contributed by atoms with Crippen LogP contribution in [0.2, 0.25) is 0 Å². The minimum Gasteiger partial charge on any atom is -0.497 e. The van der Waals surface area contributed by atoms with Crippen molar-refractivity contribution < 1.29 is 4.74 Å². The number of methoxy groups -OCH3 is 1. The minimum absolute atomic E-state index is 0.826. The second-order valence-electron chi connectivity index (χ2n) is 6.55. The van der Waals surface area contributed by atoms with Gasteiger partial charge in [0.25, 0.3) is 0 Å². The third-order valence-corrected chi connectivity index (χ3v) is 5.53. The number of aromatic nitrogens is 4. The SMILES string of the molecule is COc1ccc(/C=C/c2nn3c(CN4CCCCCC4)nnc3s2)cc1. The maximum absolute atomic E-state index is 5.19. The normalized spacial score (nSPS) is 16.3. The van der Waals surface area contributed by atoms with E-state index in [1.54, 1.807) is 18.4 Å². The van der Waals surface area contributed by atoms with Gasteiger partial charge in [0.2, 0.25) is 4.96 Å². The smallest absolute Gasteiger partial charge is 0.235 e. The fraction of sp³-hybridized carbons (Fsp3) is 0.421. The maximum Gasteiger partial charge on any atom is 0.235 e. The molecule has 3 heterocycles. The van der Waals surface area contributed by atoms with Gasteiger partial charge in [0.05, 0.1) is 13.7 Å². The van der Waals surface area contributed by atoms with Gasteiger partial charge in [-0.1, -0.05) is 42.4 Å². The number of hydrogen-bond donors (Lipinski definition) is 0. The Hall–Kier alpha value is -2.25. The Kier molecular flexibility index (Phi) is 5.26. The van der Waals surface area contributed by atoms with Crippen LogP contribution in [-0.4, -0.2) is 44.9 Å². The summed E-state index contributed by atoms with van der Waals surface area (Å²) in [5, 5.41) is 14.3. The molecule has 1 saturated heterocycles. The van der Waals surface area contributed by atoms with Crippen LogP contribution in [0.5, 0.6) is 5.75 Å². The first-order valence-corrected chi connectivity index (χ1v) is 9.89. The zero-order valence-corrected chi connectivity index (χ0v) is 15.8. The van der Waals surface area contributed by atoms with E-state index < -0.39 is 0 Å². The van der Waals surface area contributed by atoms with Crippen molar-refractivity contribution in [1.82, 2.24) is 24.7 Å². The van der Waals surface area contributed by atoms with Crippen LogP contribution in [-0.2, 0) is 6.54 Å². The van der Waals surface area contributed by atoms with Gasteiger partial charge in [-0.3, -0.25) is 4.90 Å². The molecule has 0 saturated carbocycles. The molecule has 1 fully saturated rings. The molecule has 0 aliphatic carbocycles. The summed E-state index contributed by atoms with van der Waals surface area (Å²) in [6.07, 6.45) is 9.30. The molecule has 0 amide bonds. The summed E-state index contributed by atoms with van der Waals surface area (Å²) in [4.78, 5) is 3.32. The van der Waals surface area contributed by atoms with Gasteiger partial charge < -0.3 is 4.74 Å². The third-order valence-electron chi connectivity index (χ3n) is 4.67. The Morgan fingerprint density at radius 2 is 1.81 bits per heavy atom. The summed E-state index contributed by atoms with van der Waals surface area (Å²) in [5.41, 5.74) is 1.11. The van der Waals surface area contributed by atoms with Crippen LogP contribution in [0.3, 0.4) is 0 Å². The van der Waals surface area contributed by atoms with E-state index in [1.807, 2.05) is 34.9 Å². The average Bonchev–Trinajstić information content (AvgIpc) is 3.13. The first-order valence-electron chi connectivity index (χ1n) is 9.07. The van der Waals surface area contributed by atoms with Crippen LogP contribution >= 0.6 is 11.3 Å². The average molecular weight is 369 g/mol. The second kappa shape index (κ2) is 7.97. The van der Waals surface area contributed by atoms with Crippen LogP contribution in [0.1, 0.15) is 42.1 Å². The summed E-state index contributed by atoms with van der Waals surface area (Å²) in [7, 11) is 1.67. The Balaban J connectivity index is 1.48. The van der Waals surface area contributed by atoms with Gasteiger partial charge >= 0.3 is 0 Å². The first kappa shape index (κ1) is 17.2. The van der Waals surface area contributed by atoms with Crippen molar-refractivity contribution in [2.24, 2.45) is 0 Å². The van der Waals surface area contributed by atoms with E-state index >= 15 is 0 Å². The topological polar surface area (TPSA) is 55.6 Å². The van der Waals surface area contributed by atoms with Crippen molar-refractivity contribution in [1.29, 1.82) is 0 Å². The van der Waals surface area contributed by atoms with E-state index in [-0.39, 0.29) is 0 Å². The van der Waals surface area contributed by atoms with Gasteiger partial charge in [-0.2, -0.15) is 9.61 Å². The molecular weight excluding hydrogens is 346 g/mol. The lowest BCUT2D eigenvalue weighted by Crippen LogP contribution is -2.25. The lowest BCUT2D eigenvalue weighted by atomic mass is 10.2. The minimum atomic E-state index is 0.826. The van der Waals surface area contributed by atoms with Gasteiger partial charge in [0.15, 0.2) is 5.82 Å². The van der Waals surface area contributed by atoms with Gasteiger partial charge in [0.1, 0.15) is 10.8 Å². The van der Waals surface area contributed by atoms with E-state index in [1.165, 1.54) is 25.7 Å². The Bertz CT molecular complexity index is 875. The molecule has 0 spiro atoms. The highest BCUT2D eigenvalue weighted by molar-refractivity contribution is 7.17. The summed E-state index contributed by atoms with van der Waals surface area (Å²) in [5.74, 6) is 1.79. The number of fused-ring (bicyclic) bond motifs is 1. The van der Waals surface area contributed by atoms with Gasteiger partial charge in [0, 0.05) is 0 Å². The molecule has 4 rings (SSSR count). The van der Waals surface area contributed by atoms with Crippen LogP contribution in [0.4, 0.5) is 0 Å². The summed E-state index contributed by atoms with van der Waals surface area (Å²) in [6, 6.07) is 7.97. The van der Waals surface area contributed by atoms with Crippen LogP contribution in [0.25, 0.3) is 17.1 Å². The number of likely N-dealkylation sites (tertiary alicyclic amines) is 1. The molecule has 1 aromatic carbocycles. The van der Waals surface area contributed by atoms with E-state index in [2.05, 4.69) is 26.3 Å². The summed E-state index contributed by atoms with van der Waals surface area (Å²) >= 11 is 1.56. The second-order valence-corrected chi connectivity index (χ2v) is 7.54. The van der Waals surface area contributed by atoms with E-state index in [0.29, 0.717) is 0 Å². The molecule has 3 aromatic rings.